The Kier molecular flexibility index (Phi) is 5.58. The first-order chi connectivity index (χ1) is 8.60. The monoisotopic (exact) mass is 254 g/mol. The number of unbranched alkanes of at least 4 members (excludes halogenated alkanes) is 1. The van der Waals surface area contributed by atoms with Crippen molar-refractivity contribution in [1.82, 2.24) is 5.32 Å². The van der Waals surface area contributed by atoms with Crippen LogP contribution in [0.1, 0.15) is 36.5 Å². The minimum Gasteiger partial charge on any atom is -0.507 e. The molecule has 1 unspecified atom stereocenters. The topological polar surface area (TPSA) is 75.3 Å². The zero-order valence-electron chi connectivity index (χ0n) is 10.4. The summed E-state index contributed by atoms with van der Waals surface area (Å²) in [5, 5.41) is 12.1. The van der Waals surface area contributed by atoms with Crippen LogP contribution < -0.4 is 11.1 Å². The lowest BCUT2D eigenvalue weighted by molar-refractivity contribution is 0.0929. The molecule has 1 rings (SSSR count). The lowest BCUT2D eigenvalue weighted by atomic mass is 10.1. The first-order valence-corrected chi connectivity index (χ1v) is 6.08. The SMILES string of the molecule is CCCCC(CN)NC(=O)c1c(O)cccc1F. The number of hydrogen-bond donors (Lipinski definition) is 3. The van der Waals surface area contributed by atoms with Crippen molar-refractivity contribution in [3.8, 4) is 5.75 Å². The smallest absolute Gasteiger partial charge is 0.258 e. The second-order valence-corrected chi connectivity index (χ2v) is 4.18. The van der Waals surface area contributed by atoms with Gasteiger partial charge in [0.15, 0.2) is 0 Å². The highest BCUT2D eigenvalue weighted by molar-refractivity contribution is 5.97. The number of benzene rings is 1. The van der Waals surface area contributed by atoms with Crippen molar-refractivity contribution in [2.24, 2.45) is 5.73 Å². The number of halogens is 1. The van der Waals surface area contributed by atoms with Gasteiger partial charge >= 0.3 is 0 Å². The van der Waals surface area contributed by atoms with Crippen LogP contribution in [0.25, 0.3) is 0 Å². The van der Waals surface area contributed by atoms with E-state index in [0.29, 0.717) is 6.54 Å². The van der Waals surface area contributed by atoms with E-state index in [2.05, 4.69) is 5.32 Å². The van der Waals surface area contributed by atoms with Crippen molar-refractivity contribution < 1.29 is 14.3 Å². The second-order valence-electron chi connectivity index (χ2n) is 4.18. The molecule has 0 aromatic heterocycles. The van der Waals surface area contributed by atoms with E-state index in [4.69, 9.17) is 5.73 Å². The number of phenols is 1. The minimum absolute atomic E-state index is 0.198. The van der Waals surface area contributed by atoms with E-state index in [-0.39, 0.29) is 17.4 Å². The van der Waals surface area contributed by atoms with Crippen molar-refractivity contribution in [2.45, 2.75) is 32.2 Å². The van der Waals surface area contributed by atoms with Crippen molar-refractivity contribution in [1.29, 1.82) is 0 Å². The number of hydrogen-bond acceptors (Lipinski definition) is 3. The molecule has 0 aliphatic carbocycles. The lowest BCUT2D eigenvalue weighted by Crippen LogP contribution is -2.40. The van der Waals surface area contributed by atoms with E-state index in [1.54, 1.807) is 0 Å². The average Bonchev–Trinajstić information content (AvgIpc) is 2.34. The summed E-state index contributed by atoms with van der Waals surface area (Å²) in [4.78, 5) is 11.9. The molecule has 0 saturated heterocycles. The molecule has 0 bridgehead atoms. The molecule has 100 valence electrons. The minimum atomic E-state index is -0.737. The second kappa shape index (κ2) is 6.96. The summed E-state index contributed by atoms with van der Waals surface area (Å²) in [5.41, 5.74) is 5.22. The number of carbonyl (C=O) groups is 1. The van der Waals surface area contributed by atoms with Crippen molar-refractivity contribution in [3.05, 3.63) is 29.6 Å². The molecule has 1 amide bonds. The third-order valence-electron chi connectivity index (χ3n) is 2.74. The third-order valence-corrected chi connectivity index (χ3v) is 2.74. The molecule has 0 spiro atoms. The van der Waals surface area contributed by atoms with Gasteiger partial charge < -0.3 is 16.2 Å². The Bertz CT molecular complexity index is 390. The number of phenolic OH excluding ortho intramolecular Hbond substituents is 1. The molecule has 5 heteroatoms. The predicted octanol–water partition coefficient (Wildman–Crippen LogP) is 1.78. The summed E-state index contributed by atoms with van der Waals surface area (Å²) < 4.78 is 13.5. The Morgan fingerprint density at radius 1 is 1.56 bits per heavy atom. The van der Waals surface area contributed by atoms with Crippen LogP contribution in [0.4, 0.5) is 4.39 Å². The van der Waals surface area contributed by atoms with E-state index in [1.165, 1.54) is 12.1 Å². The molecule has 1 aromatic rings. The van der Waals surface area contributed by atoms with E-state index in [1.807, 2.05) is 6.92 Å². The van der Waals surface area contributed by atoms with Crippen molar-refractivity contribution >= 4 is 5.91 Å². The van der Waals surface area contributed by atoms with E-state index in [9.17, 15) is 14.3 Å². The van der Waals surface area contributed by atoms with Crippen molar-refractivity contribution in [2.75, 3.05) is 6.54 Å². The Morgan fingerprint density at radius 3 is 2.83 bits per heavy atom. The number of nitrogens with one attached hydrogen (secondary N) is 1. The van der Waals surface area contributed by atoms with Gasteiger partial charge in [-0.2, -0.15) is 0 Å². The van der Waals surface area contributed by atoms with Gasteiger partial charge in [0.1, 0.15) is 17.1 Å². The predicted molar refractivity (Wildman–Crippen MR) is 67.9 cm³/mol. The molecule has 1 atom stereocenters. The molecule has 0 heterocycles. The van der Waals surface area contributed by atoms with Crippen LogP contribution in [0.5, 0.6) is 5.75 Å². The number of aromatic hydroxyl groups is 1. The molecular weight excluding hydrogens is 235 g/mol. The fourth-order valence-corrected chi connectivity index (χ4v) is 1.69. The fraction of sp³-hybridized carbons (Fsp3) is 0.462. The molecule has 18 heavy (non-hydrogen) atoms. The van der Waals surface area contributed by atoms with Gasteiger partial charge in [-0.05, 0) is 18.6 Å². The number of carbonyl (C=O) groups excluding carboxylic acids is 1. The van der Waals surface area contributed by atoms with Crippen LogP contribution in [-0.4, -0.2) is 23.6 Å². The highest BCUT2D eigenvalue weighted by Gasteiger charge is 2.18. The highest BCUT2D eigenvalue weighted by Crippen LogP contribution is 2.19. The summed E-state index contributed by atoms with van der Waals surface area (Å²) in [5.74, 6) is -1.73. The van der Waals surface area contributed by atoms with Crippen LogP contribution in [0.15, 0.2) is 18.2 Å². The average molecular weight is 254 g/mol. The maximum Gasteiger partial charge on any atom is 0.258 e. The fourth-order valence-electron chi connectivity index (χ4n) is 1.69. The number of nitrogens with two attached hydrogens (primary N) is 1. The highest BCUT2D eigenvalue weighted by atomic mass is 19.1. The molecule has 0 aliphatic rings. The van der Waals surface area contributed by atoms with E-state index >= 15 is 0 Å². The van der Waals surface area contributed by atoms with Gasteiger partial charge in [0, 0.05) is 12.6 Å². The normalized spacial score (nSPS) is 12.2. The summed E-state index contributed by atoms with van der Waals surface area (Å²) in [7, 11) is 0. The molecule has 1 aromatic carbocycles. The standard InChI is InChI=1S/C13H19FN2O2/c1-2-3-5-9(8-15)16-13(18)12-10(14)6-4-7-11(12)17/h4,6-7,9,17H,2-3,5,8,15H2,1H3,(H,16,18). The van der Waals surface area contributed by atoms with Crippen LogP contribution in [0, 0.1) is 5.82 Å². The van der Waals surface area contributed by atoms with Gasteiger partial charge in [-0.1, -0.05) is 25.8 Å². The van der Waals surface area contributed by atoms with Gasteiger partial charge in [0.2, 0.25) is 0 Å². The largest absolute Gasteiger partial charge is 0.507 e. The lowest BCUT2D eigenvalue weighted by Gasteiger charge is -2.17. The molecule has 0 aliphatic heterocycles. The zero-order chi connectivity index (χ0) is 13.5. The summed E-state index contributed by atoms with van der Waals surface area (Å²) >= 11 is 0. The van der Waals surface area contributed by atoms with E-state index < -0.39 is 11.7 Å². The van der Waals surface area contributed by atoms with Crippen LogP contribution in [0.3, 0.4) is 0 Å². The molecule has 0 radical (unpaired) electrons. The maximum atomic E-state index is 13.5. The Labute approximate surface area is 106 Å². The van der Waals surface area contributed by atoms with Gasteiger partial charge in [-0.15, -0.1) is 0 Å². The van der Waals surface area contributed by atoms with Gasteiger partial charge in [-0.3, -0.25) is 4.79 Å². The van der Waals surface area contributed by atoms with Crippen molar-refractivity contribution in [3.63, 3.8) is 0 Å². The van der Waals surface area contributed by atoms with Crippen LogP contribution >= 0.6 is 0 Å². The third kappa shape index (κ3) is 3.70. The number of amides is 1. The van der Waals surface area contributed by atoms with Gasteiger partial charge in [0.05, 0.1) is 0 Å². The van der Waals surface area contributed by atoms with E-state index in [0.717, 1.165) is 25.3 Å². The molecular formula is C13H19FN2O2. The Hall–Kier alpha value is -1.62. The molecule has 4 nitrogen and oxygen atoms in total. The quantitative estimate of drug-likeness (QED) is 0.724. The Balaban J connectivity index is 2.75. The first-order valence-electron chi connectivity index (χ1n) is 6.08. The molecule has 4 N–H and O–H groups in total. The first kappa shape index (κ1) is 14.4. The maximum absolute atomic E-state index is 13.5. The zero-order valence-corrected chi connectivity index (χ0v) is 10.4. The molecule has 0 fully saturated rings. The van der Waals surface area contributed by atoms with Crippen LogP contribution in [0.2, 0.25) is 0 Å². The van der Waals surface area contributed by atoms with Gasteiger partial charge in [0.25, 0.3) is 5.91 Å². The summed E-state index contributed by atoms with van der Waals surface area (Å²) in [6, 6.07) is 3.56. The van der Waals surface area contributed by atoms with Crippen LogP contribution in [-0.2, 0) is 0 Å². The summed E-state index contributed by atoms with van der Waals surface area (Å²) in [6.07, 6.45) is 2.68. The van der Waals surface area contributed by atoms with Gasteiger partial charge in [-0.25, -0.2) is 4.39 Å². The molecule has 0 saturated carbocycles. The number of rotatable bonds is 6. The summed E-state index contributed by atoms with van der Waals surface area (Å²) in [6.45, 7) is 2.33. The Morgan fingerprint density at radius 2 is 2.28 bits per heavy atom.